The molecule has 30 heavy (non-hydrogen) atoms. The van der Waals surface area contributed by atoms with Crippen LogP contribution in [0.25, 0.3) is 10.8 Å². The van der Waals surface area contributed by atoms with Gasteiger partial charge in [0.25, 0.3) is 5.91 Å². The zero-order chi connectivity index (χ0) is 20.9. The third kappa shape index (κ3) is 4.04. The Balaban J connectivity index is 1.79. The molecule has 4 rings (SSSR count). The minimum absolute atomic E-state index is 0.149. The summed E-state index contributed by atoms with van der Waals surface area (Å²) in [6.07, 6.45) is 0. The molecule has 4 aromatic carbocycles. The molecule has 0 bridgehead atoms. The molecule has 1 atom stereocenters. The van der Waals surface area contributed by atoms with E-state index in [0.29, 0.717) is 17.7 Å². The van der Waals surface area contributed by atoms with Crippen LogP contribution in [0.1, 0.15) is 33.1 Å². The van der Waals surface area contributed by atoms with Crippen molar-refractivity contribution in [2.24, 2.45) is 0 Å². The van der Waals surface area contributed by atoms with Gasteiger partial charge in [0.1, 0.15) is 5.75 Å². The first-order valence-electron chi connectivity index (χ1n) is 9.81. The maximum absolute atomic E-state index is 13.2. The maximum atomic E-state index is 13.2. The summed E-state index contributed by atoms with van der Waals surface area (Å²) in [7, 11) is 1.63. The van der Waals surface area contributed by atoms with Crippen molar-refractivity contribution in [2.45, 2.75) is 12.6 Å². The molecule has 1 unspecified atom stereocenters. The van der Waals surface area contributed by atoms with Crippen LogP contribution in [0.2, 0.25) is 0 Å². The number of phenols is 1. The molecule has 0 aliphatic heterocycles. The number of fused-ring (bicyclic) bond motifs is 1. The standard InChI is InChI=1S/C26H23NO3/c1-30-17-18-8-7-12-21(16-18)26(29)27-25(20-10-3-2-4-11-20)24-22-13-6-5-9-19(22)14-15-23(24)28/h2-16,25,28H,17H2,1H3,(H,27,29). The zero-order valence-electron chi connectivity index (χ0n) is 16.7. The van der Waals surface area contributed by atoms with Crippen molar-refractivity contribution >= 4 is 16.7 Å². The Labute approximate surface area is 175 Å². The largest absolute Gasteiger partial charge is 0.508 e. The van der Waals surface area contributed by atoms with Crippen molar-refractivity contribution < 1.29 is 14.6 Å². The van der Waals surface area contributed by atoms with Gasteiger partial charge in [-0.1, -0.05) is 72.8 Å². The number of benzene rings is 4. The predicted molar refractivity (Wildman–Crippen MR) is 119 cm³/mol. The summed E-state index contributed by atoms with van der Waals surface area (Å²) in [6.45, 7) is 0.438. The molecule has 1 amide bonds. The molecule has 0 aliphatic carbocycles. The number of aromatic hydroxyl groups is 1. The smallest absolute Gasteiger partial charge is 0.252 e. The van der Waals surface area contributed by atoms with Gasteiger partial charge >= 0.3 is 0 Å². The molecule has 0 fully saturated rings. The summed E-state index contributed by atoms with van der Waals surface area (Å²) in [4.78, 5) is 13.2. The van der Waals surface area contributed by atoms with Gasteiger partial charge in [0, 0.05) is 18.2 Å². The Hall–Kier alpha value is -3.63. The molecule has 0 heterocycles. The van der Waals surface area contributed by atoms with Crippen molar-refractivity contribution in [3.63, 3.8) is 0 Å². The fraction of sp³-hybridized carbons (Fsp3) is 0.115. The number of carbonyl (C=O) groups excluding carboxylic acids is 1. The highest BCUT2D eigenvalue weighted by Crippen LogP contribution is 2.36. The Morgan fingerprint density at radius 3 is 2.50 bits per heavy atom. The summed E-state index contributed by atoms with van der Waals surface area (Å²) < 4.78 is 5.18. The van der Waals surface area contributed by atoms with E-state index in [2.05, 4.69) is 5.32 Å². The summed E-state index contributed by atoms with van der Waals surface area (Å²) in [5, 5.41) is 15.8. The van der Waals surface area contributed by atoms with E-state index in [1.807, 2.05) is 78.9 Å². The zero-order valence-corrected chi connectivity index (χ0v) is 16.7. The van der Waals surface area contributed by atoms with Crippen LogP contribution in [0.15, 0.2) is 91.0 Å². The van der Waals surface area contributed by atoms with Crippen molar-refractivity contribution in [1.29, 1.82) is 0 Å². The number of rotatable bonds is 6. The number of methoxy groups -OCH3 is 1. The van der Waals surface area contributed by atoms with Crippen LogP contribution in [0.4, 0.5) is 0 Å². The summed E-state index contributed by atoms with van der Waals surface area (Å²) in [5.74, 6) is -0.0647. The van der Waals surface area contributed by atoms with Crippen LogP contribution in [0.5, 0.6) is 5.75 Å². The van der Waals surface area contributed by atoms with Crippen molar-refractivity contribution in [2.75, 3.05) is 7.11 Å². The topological polar surface area (TPSA) is 58.6 Å². The Kier molecular flexibility index (Phi) is 5.77. The van der Waals surface area contributed by atoms with Crippen LogP contribution >= 0.6 is 0 Å². The number of nitrogens with one attached hydrogen (secondary N) is 1. The van der Waals surface area contributed by atoms with E-state index in [-0.39, 0.29) is 11.7 Å². The summed E-state index contributed by atoms with van der Waals surface area (Å²) in [6, 6.07) is 28.0. The van der Waals surface area contributed by atoms with Crippen molar-refractivity contribution in [1.82, 2.24) is 5.32 Å². The SMILES string of the molecule is COCc1cccc(C(=O)NC(c2ccccc2)c2c(O)ccc3ccccc23)c1. The van der Waals surface area contributed by atoms with E-state index in [9.17, 15) is 9.90 Å². The van der Waals surface area contributed by atoms with Gasteiger partial charge in [0.05, 0.1) is 12.6 Å². The first kappa shape index (κ1) is 19.7. The number of ether oxygens (including phenoxy) is 1. The fourth-order valence-corrected chi connectivity index (χ4v) is 3.74. The molecule has 4 heteroatoms. The highest BCUT2D eigenvalue weighted by molar-refractivity contribution is 5.96. The first-order valence-corrected chi connectivity index (χ1v) is 9.81. The highest BCUT2D eigenvalue weighted by Gasteiger charge is 2.23. The van der Waals surface area contributed by atoms with E-state index >= 15 is 0 Å². The third-order valence-electron chi connectivity index (χ3n) is 5.14. The molecule has 0 spiro atoms. The van der Waals surface area contributed by atoms with E-state index in [4.69, 9.17) is 4.74 Å². The maximum Gasteiger partial charge on any atom is 0.252 e. The van der Waals surface area contributed by atoms with E-state index < -0.39 is 6.04 Å². The molecule has 0 aromatic heterocycles. The third-order valence-corrected chi connectivity index (χ3v) is 5.14. The Morgan fingerprint density at radius 2 is 1.70 bits per heavy atom. The van der Waals surface area contributed by atoms with Gasteiger partial charge in [0.2, 0.25) is 0 Å². The molecule has 0 aliphatic rings. The average Bonchev–Trinajstić information content (AvgIpc) is 2.79. The normalized spacial score (nSPS) is 11.9. The van der Waals surface area contributed by atoms with Gasteiger partial charge < -0.3 is 15.2 Å². The van der Waals surface area contributed by atoms with Gasteiger partial charge in [0.15, 0.2) is 0 Å². The van der Waals surface area contributed by atoms with Gasteiger partial charge in [-0.3, -0.25) is 4.79 Å². The molecule has 150 valence electrons. The molecule has 2 N–H and O–H groups in total. The van der Waals surface area contributed by atoms with Gasteiger partial charge in [-0.2, -0.15) is 0 Å². The summed E-state index contributed by atoms with van der Waals surface area (Å²) in [5.41, 5.74) is 3.05. The molecule has 4 aromatic rings. The van der Waals surface area contributed by atoms with Crippen molar-refractivity contribution in [3.8, 4) is 5.75 Å². The van der Waals surface area contributed by atoms with Gasteiger partial charge in [-0.05, 0) is 40.1 Å². The van der Waals surface area contributed by atoms with Crippen LogP contribution in [-0.4, -0.2) is 18.1 Å². The lowest BCUT2D eigenvalue weighted by Gasteiger charge is -2.23. The number of hydrogen-bond donors (Lipinski definition) is 2. The predicted octanol–water partition coefficient (Wildman–Crippen LogP) is 5.21. The molecular weight excluding hydrogens is 374 g/mol. The molecule has 0 saturated heterocycles. The van der Waals surface area contributed by atoms with Crippen LogP contribution in [0, 0.1) is 0 Å². The number of hydrogen-bond acceptors (Lipinski definition) is 3. The lowest BCUT2D eigenvalue weighted by molar-refractivity contribution is 0.0942. The molecule has 4 nitrogen and oxygen atoms in total. The van der Waals surface area contributed by atoms with E-state index in [1.54, 1.807) is 19.2 Å². The lowest BCUT2D eigenvalue weighted by atomic mass is 9.92. The van der Waals surface area contributed by atoms with Crippen molar-refractivity contribution in [3.05, 3.63) is 113 Å². The fourth-order valence-electron chi connectivity index (χ4n) is 3.74. The second-order valence-corrected chi connectivity index (χ2v) is 7.17. The van der Waals surface area contributed by atoms with Crippen LogP contribution < -0.4 is 5.32 Å². The Morgan fingerprint density at radius 1 is 0.933 bits per heavy atom. The van der Waals surface area contributed by atoms with Gasteiger partial charge in [-0.15, -0.1) is 0 Å². The number of amides is 1. The molecule has 0 saturated carbocycles. The number of carbonyl (C=O) groups is 1. The van der Waals surface area contributed by atoms with E-state index in [0.717, 1.165) is 21.9 Å². The van der Waals surface area contributed by atoms with E-state index in [1.165, 1.54) is 0 Å². The van der Waals surface area contributed by atoms with Crippen LogP contribution in [0.3, 0.4) is 0 Å². The lowest BCUT2D eigenvalue weighted by Crippen LogP contribution is -2.29. The molecular formula is C26H23NO3. The minimum atomic E-state index is -0.504. The van der Waals surface area contributed by atoms with Gasteiger partial charge in [-0.25, -0.2) is 0 Å². The second kappa shape index (κ2) is 8.80. The number of phenolic OH excluding ortho intramolecular Hbond substituents is 1. The quantitative estimate of drug-likeness (QED) is 0.469. The monoisotopic (exact) mass is 397 g/mol. The second-order valence-electron chi connectivity index (χ2n) is 7.17. The highest BCUT2D eigenvalue weighted by atomic mass is 16.5. The minimum Gasteiger partial charge on any atom is -0.508 e. The summed E-state index contributed by atoms with van der Waals surface area (Å²) >= 11 is 0. The first-order chi connectivity index (χ1) is 14.7. The molecule has 0 radical (unpaired) electrons. The Bertz CT molecular complexity index is 1170. The van der Waals surface area contributed by atoms with Crippen LogP contribution in [-0.2, 0) is 11.3 Å². The average molecular weight is 397 g/mol.